The maximum absolute atomic E-state index is 12.0. The zero-order valence-electron chi connectivity index (χ0n) is 12.3. The molecule has 0 aliphatic carbocycles. The van der Waals surface area contributed by atoms with Crippen LogP contribution in [0.3, 0.4) is 0 Å². The van der Waals surface area contributed by atoms with Gasteiger partial charge in [-0.05, 0) is 38.2 Å². The highest BCUT2D eigenvalue weighted by molar-refractivity contribution is 6.39. The van der Waals surface area contributed by atoms with Gasteiger partial charge in [-0.15, -0.1) is 0 Å². The van der Waals surface area contributed by atoms with Gasteiger partial charge in [0.05, 0.1) is 0 Å². The van der Waals surface area contributed by atoms with E-state index in [1.165, 1.54) is 6.92 Å². The summed E-state index contributed by atoms with van der Waals surface area (Å²) in [5.74, 6) is -1.20. The van der Waals surface area contributed by atoms with Crippen molar-refractivity contribution >= 4 is 23.3 Å². The molecule has 0 atom stereocenters. The first-order chi connectivity index (χ1) is 9.97. The standard InChI is InChI=1S/C15H19N3O3/c1-11(19)12-3-5-13(6-4-12)16-14(20)15(21)18-9-7-17(2)8-10-18/h3-6H,7-10H2,1-2H3,(H,16,20). The zero-order chi connectivity index (χ0) is 15.4. The lowest BCUT2D eigenvalue weighted by molar-refractivity contribution is -0.144. The molecule has 1 aromatic carbocycles. The number of nitrogens with one attached hydrogen (secondary N) is 1. The summed E-state index contributed by atoms with van der Waals surface area (Å²) >= 11 is 0. The molecule has 0 saturated carbocycles. The van der Waals surface area contributed by atoms with Crippen LogP contribution in [0.4, 0.5) is 5.69 Å². The van der Waals surface area contributed by atoms with Crippen molar-refractivity contribution in [3.8, 4) is 0 Å². The van der Waals surface area contributed by atoms with E-state index in [9.17, 15) is 14.4 Å². The number of benzene rings is 1. The van der Waals surface area contributed by atoms with Crippen molar-refractivity contribution in [1.82, 2.24) is 9.80 Å². The average Bonchev–Trinajstić information content (AvgIpc) is 2.47. The largest absolute Gasteiger partial charge is 0.332 e. The lowest BCUT2D eigenvalue weighted by Gasteiger charge is -2.31. The van der Waals surface area contributed by atoms with E-state index in [2.05, 4.69) is 10.2 Å². The number of carbonyl (C=O) groups is 3. The van der Waals surface area contributed by atoms with Gasteiger partial charge in [0, 0.05) is 37.4 Å². The third-order valence-corrected chi connectivity index (χ3v) is 3.53. The van der Waals surface area contributed by atoms with Gasteiger partial charge in [0.1, 0.15) is 0 Å². The fourth-order valence-corrected chi connectivity index (χ4v) is 2.13. The number of nitrogens with zero attached hydrogens (tertiary/aromatic N) is 2. The fourth-order valence-electron chi connectivity index (χ4n) is 2.13. The third kappa shape index (κ3) is 3.88. The molecule has 0 radical (unpaired) electrons. The van der Waals surface area contributed by atoms with Gasteiger partial charge in [-0.1, -0.05) is 0 Å². The topological polar surface area (TPSA) is 69.7 Å². The highest BCUT2D eigenvalue weighted by Crippen LogP contribution is 2.10. The highest BCUT2D eigenvalue weighted by Gasteiger charge is 2.24. The van der Waals surface area contributed by atoms with Gasteiger partial charge in [-0.2, -0.15) is 0 Å². The van der Waals surface area contributed by atoms with E-state index in [1.807, 2.05) is 7.05 Å². The molecule has 0 aromatic heterocycles. The summed E-state index contributed by atoms with van der Waals surface area (Å²) in [5.41, 5.74) is 1.07. The van der Waals surface area contributed by atoms with Crippen LogP contribution >= 0.6 is 0 Å². The summed E-state index contributed by atoms with van der Waals surface area (Å²) in [5, 5.41) is 2.56. The summed E-state index contributed by atoms with van der Waals surface area (Å²) < 4.78 is 0. The molecule has 1 fully saturated rings. The number of anilines is 1. The molecular weight excluding hydrogens is 270 g/mol. The Bertz CT molecular complexity index is 546. The maximum atomic E-state index is 12.0. The van der Waals surface area contributed by atoms with Crippen LogP contribution in [0.1, 0.15) is 17.3 Å². The minimum Gasteiger partial charge on any atom is -0.332 e. The van der Waals surface area contributed by atoms with Gasteiger partial charge in [-0.3, -0.25) is 14.4 Å². The van der Waals surface area contributed by atoms with E-state index in [4.69, 9.17) is 0 Å². The van der Waals surface area contributed by atoms with E-state index in [0.717, 1.165) is 13.1 Å². The number of hydrogen-bond donors (Lipinski definition) is 1. The van der Waals surface area contributed by atoms with Crippen LogP contribution in [0, 0.1) is 0 Å². The summed E-state index contributed by atoms with van der Waals surface area (Å²) in [4.78, 5) is 38.8. The van der Waals surface area contributed by atoms with Gasteiger partial charge < -0.3 is 15.1 Å². The Morgan fingerprint density at radius 1 is 1.00 bits per heavy atom. The second-order valence-electron chi connectivity index (χ2n) is 5.18. The highest BCUT2D eigenvalue weighted by atomic mass is 16.2. The molecule has 1 aromatic rings. The minimum absolute atomic E-state index is 0.0404. The molecule has 1 heterocycles. The molecule has 6 nitrogen and oxygen atoms in total. The van der Waals surface area contributed by atoms with Crippen molar-refractivity contribution < 1.29 is 14.4 Å². The van der Waals surface area contributed by atoms with E-state index < -0.39 is 11.8 Å². The molecule has 112 valence electrons. The average molecular weight is 289 g/mol. The van der Waals surface area contributed by atoms with Crippen molar-refractivity contribution in [3.05, 3.63) is 29.8 Å². The Labute approximate surface area is 123 Å². The predicted molar refractivity (Wildman–Crippen MR) is 79.2 cm³/mol. The molecule has 2 amide bonds. The molecule has 1 N–H and O–H groups in total. The van der Waals surface area contributed by atoms with Crippen LogP contribution < -0.4 is 5.32 Å². The first kappa shape index (κ1) is 15.2. The van der Waals surface area contributed by atoms with Gasteiger partial charge in [-0.25, -0.2) is 0 Å². The maximum Gasteiger partial charge on any atom is 0.313 e. The molecule has 0 unspecified atom stereocenters. The van der Waals surface area contributed by atoms with Crippen molar-refractivity contribution in [2.45, 2.75) is 6.92 Å². The second-order valence-corrected chi connectivity index (χ2v) is 5.18. The Kier molecular flexibility index (Phi) is 4.70. The molecule has 2 rings (SSSR count). The summed E-state index contributed by atoms with van der Waals surface area (Å²) in [7, 11) is 1.98. The number of ketones is 1. The van der Waals surface area contributed by atoms with Crippen molar-refractivity contribution in [3.63, 3.8) is 0 Å². The first-order valence-corrected chi connectivity index (χ1v) is 6.87. The van der Waals surface area contributed by atoms with Crippen molar-refractivity contribution in [2.75, 3.05) is 38.5 Å². The first-order valence-electron chi connectivity index (χ1n) is 6.87. The van der Waals surface area contributed by atoms with E-state index >= 15 is 0 Å². The predicted octanol–water partition coefficient (Wildman–Crippen LogP) is 0.602. The number of Topliss-reactive ketones (excluding diaryl/α,β-unsaturated/α-hetero) is 1. The van der Waals surface area contributed by atoms with E-state index in [-0.39, 0.29) is 5.78 Å². The summed E-state index contributed by atoms with van der Waals surface area (Å²) in [6, 6.07) is 6.48. The lowest BCUT2D eigenvalue weighted by atomic mass is 10.1. The second kappa shape index (κ2) is 6.49. The number of hydrogen-bond acceptors (Lipinski definition) is 4. The summed E-state index contributed by atoms with van der Waals surface area (Å²) in [6.07, 6.45) is 0. The zero-order valence-corrected chi connectivity index (χ0v) is 12.3. The lowest BCUT2D eigenvalue weighted by Crippen LogP contribution is -2.50. The van der Waals surface area contributed by atoms with Crippen LogP contribution in [-0.4, -0.2) is 60.6 Å². The Hall–Kier alpha value is -2.21. The van der Waals surface area contributed by atoms with Gasteiger partial charge in [0.2, 0.25) is 0 Å². The normalized spacial score (nSPS) is 15.6. The van der Waals surface area contributed by atoms with Crippen LogP contribution in [0.15, 0.2) is 24.3 Å². The van der Waals surface area contributed by atoms with E-state index in [0.29, 0.717) is 24.3 Å². The Balaban J connectivity index is 1.94. The molecular formula is C15H19N3O3. The van der Waals surface area contributed by atoms with Crippen molar-refractivity contribution in [1.29, 1.82) is 0 Å². The van der Waals surface area contributed by atoms with Crippen LogP contribution in [-0.2, 0) is 9.59 Å². The molecule has 1 aliphatic rings. The molecule has 21 heavy (non-hydrogen) atoms. The SMILES string of the molecule is CC(=O)c1ccc(NC(=O)C(=O)N2CCN(C)CC2)cc1. The fraction of sp³-hybridized carbons (Fsp3) is 0.400. The molecule has 0 spiro atoms. The number of piperazine rings is 1. The van der Waals surface area contributed by atoms with Crippen LogP contribution in [0.25, 0.3) is 0 Å². The van der Waals surface area contributed by atoms with Gasteiger partial charge in [0.25, 0.3) is 0 Å². The van der Waals surface area contributed by atoms with E-state index in [1.54, 1.807) is 29.2 Å². The third-order valence-electron chi connectivity index (χ3n) is 3.53. The quantitative estimate of drug-likeness (QED) is 0.639. The Morgan fingerprint density at radius 3 is 2.10 bits per heavy atom. The van der Waals surface area contributed by atoms with Crippen LogP contribution in [0.5, 0.6) is 0 Å². The van der Waals surface area contributed by atoms with Gasteiger partial charge >= 0.3 is 11.8 Å². The van der Waals surface area contributed by atoms with Crippen LogP contribution in [0.2, 0.25) is 0 Å². The minimum atomic E-state index is -0.643. The van der Waals surface area contributed by atoms with Gasteiger partial charge in [0.15, 0.2) is 5.78 Å². The molecule has 0 bridgehead atoms. The molecule has 1 aliphatic heterocycles. The van der Waals surface area contributed by atoms with Crippen molar-refractivity contribution in [2.24, 2.45) is 0 Å². The number of carbonyl (C=O) groups excluding carboxylic acids is 3. The smallest absolute Gasteiger partial charge is 0.313 e. The number of likely N-dealkylation sites (N-methyl/N-ethyl adjacent to an activating group) is 1. The number of rotatable bonds is 2. The molecule has 6 heteroatoms. The monoisotopic (exact) mass is 289 g/mol. The summed E-state index contributed by atoms with van der Waals surface area (Å²) in [6.45, 7) is 4.14. The Morgan fingerprint density at radius 2 is 1.57 bits per heavy atom. The molecule has 1 saturated heterocycles. The number of amides is 2.